The fourth-order valence-corrected chi connectivity index (χ4v) is 1.79. The Hall–Kier alpha value is -2.28. The molecule has 7 nitrogen and oxygen atoms in total. The third-order valence-electron chi connectivity index (χ3n) is 3.07. The van der Waals surface area contributed by atoms with Crippen LogP contribution in [0.4, 0.5) is 0 Å². The summed E-state index contributed by atoms with van der Waals surface area (Å²) in [5.41, 5.74) is 6.63. The van der Waals surface area contributed by atoms with Gasteiger partial charge in [-0.3, -0.25) is 9.36 Å². The molecule has 2 rings (SSSR count). The molecule has 20 heavy (non-hydrogen) atoms. The third kappa shape index (κ3) is 2.53. The van der Waals surface area contributed by atoms with Crippen molar-refractivity contribution < 1.29 is 23.8 Å². The zero-order chi connectivity index (χ0) is 14.9. The first kappa shape index (κ1) is 14.1. The predicted molar refractivity (Wildman–Crippen MR) is 70.1 cm³/mol. The number of furan rings is 1. The minimum atomic E-state index is -1.12. The molecule has 0 aliphatic carbocycles. The maximum Gasteiger partial charge on any atom is 0.352 e. The molecule has 0 unspecified atom stereocenters. The number of carbonyl (C=O) groups is 2. The number of aromatic carboxylic acids is 1. The second-order valence-electron chi connectivity index (χ2n) is 4.80. The Balaban J connectivity index is 2.20. The molecule has 2 aromatic heterocycles. The molecule has 0 fully saturated rings. The van der Waals surface area contributed by atoms with Gasteiger partial charge in [-0.1, -0.05) is 13.8 Å². The second-order valence-corrected chi connectivity index (χ2v) is 4.80. The van der Waals surface area contributed by atoms with Crippen molar-refractivity contribution in [3.63, 3.8) is 0 Å². The van der Waals surface area contributed by atoms with E-state index in [2.05, 4.69) is 0 Å². The van der Waals surface area contributed by atoms with E-state index in [0.717, 1.165) is 0 Å². The molecular formula is C13H16N2O5. The van der Waals surface area contributed by atoms with E-state index in [1.165, 1.54) is 16.9 Å². The highest BCUT2D eigenvalue weighted by atomic mass is 16.5. The van der Waals surface area contributed by atoms with Gasteiger partial charge in [0.2, 0.25) is 0 Å². The van der Waals surface area contributed by atoms with Crippen LogP contribution in [-0.4, -0.2) is 27.7 Å². The number of hydrogen-bond donors (Lipinski definition) is 2. The summed E-state index contributed by atoms with van der Waals surface area (Å²) in [6.45, 7) is 3.39. The Labute approximate surface area is 114 Å². The number of fused-ring (bicyclic) bond motifs is 1. The lowest BCUT2D eigenvalue weighted by molar-refractivity contribution is -0.150. The van der Waals surface area contributed by atoms with Gasteiger partial charge in [-0.25, -0.2) is 4.79 Å². The Morgan fingerprint density at radius 2 is 2.20 bits per heavy atom. The number of esters is 1. The van der Waals surface area contributed by atoms with Crippen LogP contribution in [0.2, 0.25) is 0 Å². The van der Waals surface area contributed by atoms with Crippen molar-refractivity contribution in [2.24, 2.45) is 11.7 Å². The van der Waals surface area contributed by atoms with E-state index in [1.807, 2.05) is 0 Å². The summed E-state index contributed by atoms with van der Waals surface area (Å²) < 4.78 is 11.6. The number of carboxylic acid groups (broad SMARTS) is 1. The Kier molecular flexibility index (Phi) is 3.80. The third-order valence-corrected chi connectivity index (χ3v) is 3.07. The monoisotopic (exact) mass is 280 g/mol. The molecule has 108 valence electrons. The first-order chi connectivity index (χ1) is 9.41. The zero-order valence-corrected chi connectivity index (χ0v) is 11.2. The quantitative estimate of drug-likeness (QED) is 0.802. The minimum Gasteiger partial charge on any atom is -0.477 e. The number of carbonyl (C=O) groups excluding carboxylic acids is 1. The van der Waals surface area contributed by atoms with Gasteiger partial charge in [0.05, 0.1) is 11.8 Å². The van der Waals surface area contributed by atoms with Crippen molar-refractivity contribution >= 4 is 23.0 Å². The van der Waals surface area contributed by atoms with Crippen LogP contribution in [0.15, 0.2) is 22.8 Å². The summed E-state index contributed by atoms with van der Waals surface area (Å²) in [5, 5.41) is 9.12. The van der Waals surface area contributed by atoms with E-state index in [4.69, 9.17) is 20.0 Å². The van der Waals surface area contributed by atoms with Gasteiger partial charge in [-0.2, -0.15) is 0 Å². The lowest BCUT2D eigenvalue weighted by atomic mass is 10.1. The lowest BCUT2D eigenvalue weighted by Crippen LogP contribution is -2.37. The van der Waals surface area contributed by atoms with Crippen LogP contribution in [0.1, 0.15) is 24.3 Å². The molecule has 7 heteroatoms. The van der Waals surface area contributed by atoms with Gasteiger partial charge in [0, 0.05) is 12.1 Å². The molecule has 0 amide bonds. The van der Waals surface area contributed by atoms with E-state index in [0.29, 0.717) is 11.1 Å². The van der Waals surface area contributed by atoms with E-state index >= 15 is 0 Å². The van der Waals surface area contributed by atoms with Crippen molar-refractivity contribution in [1.29, 1.82) is 0 Å². The summed E-state index contributed by atoms with van der Waals surface area (Å²) in [6, 6.07) is 2.25. The van der Waals surface area contributed by atoms with Gasteiger partial charge in [-0.05, 0) is 5.92 Å². The number of aromatic nitrogens is 1. The second kappa shape index (κ2) is 5.38. The topological polar surface area (TPSA) is 108 Å². The fourth-order valence-electron chi connectivity index (χ4n) is 1.79. The SMILES string of the molecule is CC(C)[C@@H](N)C(=O)OCn1c(C(=O)O)cc2occc21. The van der Waals surface area contributed by atoms with Crippen LogP contribution in [0, 0.1) is 5.92 Å². The van der Waals surface area contributed by atoms with Crippen molar-refractivity contribution in [3.8, 4) is 0 Å². The van der Waals surface area contributed by atoms with Crippen molar-refractivity contribution in [3.05, 3.63) is 24.1 Å². The maximum absolute atomic E-state index is 11.7. The molecular weight excluding hydrogens is 264 g/mol. The van der Waals surface area contributed by atoms with Gasteiger partial charge < -0.3 is 20.0 Å². The minimum absolute atomic E-state index is 0.00901. The highest BCUT2D eigenvalue weighted by Crippen LogP contribution is 2.21. The average Bonchev–Trinajstić information content (AvgIpc) is 2.95. The number of rotatable bonds is 5. The molecule has 2 aromatic rings. The van der Waals surface area contributed by atoms with Gasteiger partial charge in [0.15, 0.2) is 12.3 Å². The van der Waals surface area contributed by atoms with Crippen LogP contribution < -0.4 is 5.73 Å². The molecule has 1 atom stereocenters. The van der Waals surface area contributed by atoms with Crippen LogP contribution in [0.3, 0.4) is 0 Å². The summed E-state index contributed by atoms with van der Waals surface area (Å²) in [7, 11) is 0. The van der Waals surface area contributed by atoms with Gasteiger partial charge >= 0.3 is 11.9 Å². The Morgan fingerprint density at radius 3 is 2.80 bits per heavy atom. The predicted octanol–water partition coefficient (Wildman–Crippen LogP) is 1.42. The molecule has 0 aliphatic heterocycles. The van der Waals surface area contributed by atoms with Crippen molar-refractivity contribution in [2.45, 2.75) is 26.6 Å². The molecule has 0 bridgehead atoms. The Morgan fingerprint density at radius 1 is 1.50 bits per heavy atom. The van der Waals surface area contributed by atoms with Crippen molar-refractivity contribution in [2.75, 3.05) is 0 Å². The largest absolute Gasteiger partial charge is 0.477 e. The average molecular weight is 280 g/mol. The number of hydrogen-bond acceptors (Lipinski definition) is 5. The van der Waals surface area contributed by atoms with Crippen LogP contribution in [-0.2, 0) is 16.3 Å². The normalized spacial score (nSPS) is 12.8. The number of carboxylic acids is 1. The van der Waals surface area contributed by atoms with E-state index in [-0.39, 0.29) is 18.3 Å². The molecule has 0 radical (unpaired) electrons. The summed E-state index contributed by atoms with van der Waals surface area (Å²) in [4.78, 5) is 22.9. The lowest BCUT2D eigenvalue weighted by Gasteiger charge is -2.15. The first-order valence-electron chi connectivity index (χ1n) is 6.14. The maximum atomic E-state index is 11.7. The van der Waals surface area contributed by atoms with Crippen LogP contribution in [0.5, 0.6) is 0 Å². The number of ether oxygens (including phenoxy) is 1. The molecule has 0 saturated heterocycles. The first-order valence-corrected chi connectivity index (χ1v) is 6.14. The summed E-state index contributed by atoms with van der Waals surface area (Å²) in [6.07, 6.45) is 1.44. The number of nitrogens with zero attached hydrogens (tertiary/aromatic N) is 1. The van der Waals surface area contributed by atoms with Crippen LogP contribution in [0.25, 0.3) is 11.1 Å². The summed E-state index contributed by atoms with van der Waals surface area (Å²) in [5.74, 6) is -1.75. The molecule has 3 N–H and O–H groups in total. The molecule has 0 saturated carbocycles. The van der Waals surface area contributed by atoms with Crippen molar-refractivity contribution in [1.82, 2.24) is 4.57 Å². The molecule has 0 aromatic carbocycles. The standard InChI is InChI=1S/C13H16N2O5/c1-7(2)11(14)13(18)20-6-15-8-3-4-19-10(8)5-9(15)12(16)17/h3-5,7,11H,6,14H2,1-2H3,(H,16,17)/t11-/m1/s1. The Bertz CT molecular complexity index is 640. The fraction of sp³-hybridized carbons (Fsp3) is 0.385. The highest BCUT2D eigenvalue weighted by Gasteiger charge is 2.21. The van der Waals surface area contributed by atoms with E-state index in [9.17, 15) is 9.59 Å². The van der Waals surface area contributed by atoms with E-state index < -0.39 is 18.0 Å². The highest BCUT2D eigenvalue weighted by molar-refractivity contribution is 5.92. The molecule has 0 spiro atoms. The van der Waals surface area contributed by atoms with Crippen LogP contribution >= 0.6 is 0 Å². The van der Waals surface area contributed by atoms with E-state index in [1.54, 1.807) is 19.9 Å². The summed E-state index contributed by atoms with van der Waals surface area (Å²) >= 11 is 0. The van der Waals surface area contributed by atoms with Gasteiger partial charge in [0.1, 0.15) is 11.7 Å². The smallest absolute Gasteiger partial charge is 0.352 e. The molecule has 2 heterocycles. The van der Waals surface area contributed by atoms with Gasteiger partial charge in [0.25, 0.3) is 0 Å². The number of nitrogens with two attached hydrogens (primary N) is 1. The zero-order valence-electron chi connectivity index (χ0n) is 11.2. The van der Waals surface area contributed by atoms with Gasteiger partial charge in [-0.15, -0.1) is 0 Å². The molecule has 0 aliphatic rings.